The van der Waals surface area contributed by atoms with Gasteiger partial charge in [0.2, 0.25) is 0 Å². The molecule has 7 aromatic rings. The Hall–Kier alpha value is -4.60. The van der Waals surface area contributed by atoms with Crippen LogP contribution in [-0.4, -0.2) is 9.97 Å². The molecule has 0 spiro atoms. The molecule has 2 aromatic heterocycles. The fourth-order valence-electron chi connectivity index (χ4n) is 5.05. The van der Waals surface area contributed by atoms with Gasteiger partial charge in [0.1, 0.15) is 4.83 Å². The molecule has 0 N–H and O–H groups in total. The van der Waals surface area contributed by atoms with Crippen LogP contribution >= 0.6 is 11.3 Å². The maximum absolute atomic E-state index is 5.33. The van der Waals surface area contributed by atoms with Crippen molar-refractivity contribution in [3.63, 3.8) is 0 Å². The summed E-state index contributed by atoms with van der Waals surface area (Å²) in [6.07, 6.45) is 0. The van der Waals surface area contributed by atoms with Gasteiger partial charge in [-0.3, -0.25) is 0 Å². The number of fused-ring (bicyclic) bond motifs is 3. The van der Waals surface area contributed by atoms with Crippen molar-refractivity contribution in [2.45, 2.75) is 0 Å². The van der Waals surface area contributed by atoms with Crippen molar-refractivity contribution in [1.29, 1.82) is 0 Å². The first-order valence-electron chi connectivity index (χ1n) is 12.4. The Bertz CT molecular complexity index is 1870. The molecule has 2 heterocycles. The van der Waals surface area contributed by atoms with Crippen LogP contribution in [0.3, 0.4) is 0 Å². The van der Waals surface area contributed by atoms with Gasteiger partial charge in [-0.1, -0.05) is 127 Å². The summed E-state index contributed by atoms with van der Waals surface area (Å²) in [4.78, 5) is 11.5. The third kappa shape index (κ3) is 3.81. The Morgan fingerprint density at radius 1 is 0.432 bits per heavy atom. The third-order valence-corrected chi connectivity index (χ3v) is 7.82. The van der Waals surface area contributed by atoms with E-state index in [1.165, 1.54) is 21.2 Å². The Morgan fingerprint density at radius 3 is 1.62 bits per heavy atom. The van der Waals surface area contributed by atoms with Crippen LogP contribution < -0.4 is 0 Å². The lowest BCUT2D eigenvalue weighted by Crippen LogP contribution is -1.96. The number of hydrogen-bond donors (Lipinski definition) is 0. The van der Waals surface area contributed by atoms with Gasteiger partial charge in [-0.15, -0.1) is 11.3 Å². The van der Waals surface area contributed by atoms with Gasteiger partial charge in [-0.25, -0.2) is 9.97 Å². The zero-order chi connectivity index (χ0) is 24.6. The molecule has 7 rings (SSSR count). The zero-order valence-corrected chi connectivity index (χ0v) is 20.8. The van der Waals surface area contributed by atoms with Crippen LogP contribution in [0.5, 0.6) is 0 Å². The smallest absolute Gasteiger partial charge is 0.162 e. The van der Waals surface area contributed by atoms with Crippen molar-refractivity contribution in [2.24, 2.45) is 0 Å². The summed E-state index contributed by atoms with van der Waals surface area (Å²) >= 11 is 1.73. The normalized spacial score (nSPS) is 11.2. The monoisotopic (exact) mass is 490 g/mol. The van der Waals surface area contributed by atoms with Crippen LogP contribution in [0.25, 0.3) is 65.2 Å². The molecule has 5 aromatic carbocycles. The second-order valence-electron chi connectivity index (χ2n) is 9.00. The molecule has 0 fully saturated rings. The SMILES string of the molecule is c1ccc(-c2ccccc2-c2nc(-c3ccccc3-c3ccccc3)c3c(n2)sc2ccccc23)cc1. The summed E-state index contributed by atoms with van der Waals surface area (Å²) in [6.45, 7) is 0. The summed E-state index contributed by atoms with van der Waals surface area (Å²) in [5.41, 5.74) is 7.75. The molecule has 0 bridgehead atoms. The molecule has 3 heteroatoms. The lowest BCUT2D eigenvalue weighted by molar-refractivity contribution is 1.24. The van der Waals surface area contributed by atoms with Gasteiger partial charge in [0, 0.05) is 26.6 Å². The largest absolute Gasteiger partial charge is 0.227 e. The minimum atomic E-state index is 0.747. The quantitative estimate of drug-likeness (QED) is 0.245. The van der Waals surface area contributed by atoms with E-state index in [2.05, 4.69) is 127 Å². The summed E-state index contributed by atoms with van der Waals surface area (Å²) in [6, 6.07) is 46.6. The predicted octanol–water partition coefficient (Wildman–Crippen LogP) is 9.51. The molecule has 0 aliphatic carbocycles. The molecule has 0 unspecified atom stereocenters. The molecule has 174 valence electrons. The minimum Gasteiger partial charge on any atom is -0.227 e. The van der Waals surface area contributed by atoms with Crippen LogP contribution in [0.4, 0.5) is 0 Å². The van der Waals surface area contributed by atoms with Crippen LogP contribution in [0.1, 0.15) is 0 Å². The van der Waals surface area contributed by atoms with Crippen molar-refractivity contribution in [3.05, 3.63) is 133 Å². The maximum atomic E-state index is 5.33. The van der Waals surface area contributed by atoms with Crippen LogP contribution in [0, 0.1) is 0 Å². The highest BCUT2D eigenvalue weighted by Crippen LogP contribution is 2.43. The summed E-state index contributed by atoms with van der Waals surface area (Å²) in [7, 11) is 0. The van der Waals surface area contributed by atoms with E-state index >= 15 is 0 Å². The average molecular weight is 491 g/mol. The Labute approximate surface area is 219 Å². The van der Waals surface area contributed by atoms with E-state index in [0.29, 0.717) is 0 Å². The van der Waals surface area contributed by atoms with E-state index in [1.807, 2.05) is 6.07 Å². The lowest BCUT2D eigenvalue weighted by atomic mass is 9.95. The van der Waals surface area contributed by atoms with Crippen LogP contribution in [0.2, 0.25) is 0 Å². The fraction of sp³-hybridized carbons (Fsp3) is 0. The van der Waals surface area contributed by atoms with Gasteiger partial charge < -0.3 is 0 Å². The van der Waals surface area contributed by atoms with E-state index in [0.717, 1.165) is 44.0 Å². The zero-order valence-electron chi connectivity index (χ0n) is 20.0. The van der Waals surface area contributed by atoms with E-state index < -0.39 is 0 Å². The highest BCUT2D eigenvalue weighted by molar-refractivity contribution is 7.25. The van der Waals surface area contributed by atoms with Gasteiger partial charge in [-0.2, -0.15) is 0 Å². The van der Waals surface area contributed by atoms with Gasteiger partial charge in [0.05, 0.1) is 5.69 Å². The molecule has 2 nitrogen and oxygen atoms in total. The van der Waals surface area contributed by atoms with E-state index in [4.69, 9.17) is 9.97 Å². The molecule has 0 radical (unpaired) electrons. The second kappa shape index (κ2) is 9.12. The van der Waals surface area contributed by atoms with Crippen molar-refractivity contribution in [1.82, 2.24) is 9.97 Å². The van der Waals surface area contributed by atoms with Gasteiger partial charge in [-0.05, 0) is 28.3 Å². The molecular weight excluding hydrogens is 468 g/mol. The van der Waals surface area contributed by atoms with Crippen LogP contribution in [-0.2, 0) is 0 Å². The number of aromatic nitrogens is 2. The molecule has 0 amide bonds. The first-order chi connectivity index (χ1) is 18.4. The molecule has 0 atom stereocenters. The van der Waals surface area contributed by atoms with E-state index in [9.17, 15) is 0 Å². The number of nitrogens with zero attached hydrogens (tertiary/aromatic N) is 2. The Kier molecular flexibility index (Phi) is 5.34. The Balaban J connectivity index is 1.56. The molecule has 0 saturated carbocycles. The van der Waals surface area contributed by atoms with Crippen molar-refractivity contribution in [3.8, 4) is 44.9 Å². The van der Waals surface area contributed by atoms with Gasteiger partial charge in [0.15, 0.2) is 5.82 Å². The van der Waals surface area contributed by atoms with Crippen molar-refractivity contribution < 1.29 is 0 Å². The molecule has 37 heavy (non-hydrogen) atoms. The Morgan fingerprint density at radius 2 is 0.946 bits per heavy atom. The van der Waals surface area contributed by atoms with E-state index in [-0.39, 0.29) is 0 Å². The molecule has 0 aliphatic heterocycles. The minimum absolute atomic E-state index is 0.747. The van der Waals surface area contributed by atoms with Crippen molar-refractivity contribution in [2.75, 3.05) is 0 Å². The molecule has 0 aliphatic rings. The number of rotatable bonds is 4. The second-order valence-corrected chi connectivity index (χ2v) is 10.0. The molecular formula is C34H22N2S. The summed E-state index contributed by atoms with van der Waals surface area (Å²) < 4.78 is 1.22. The standard InChI is InChI=1S/C34H22N2S/c1-3-13-23(14-4-1)25-17-7-9-19-27(25)32-31-29-21-11-12-22-30(29)37-34(31)36-33(35-32)28-20-10-8-18-26(28)24-15-5-2-6-16-24/h1-22H. The number of benzene rings is 5. The topological polar surface area (TPSA) is 25.8 Å². The predicted molar refractivity (Wildman–Crippen MR) is 157 cm³/mol. The maximum Gasteiger partial charge on any atom is 0.162 e. The average Bonchev–Trinajstić information content (AvgIpc) is 3.36. The highest BCUT2D eigenvalue weighted by atomic mass is 32.1. The first kappa shape index (κ1) is 21.7. The number of thiophene rings is 1. The summed E-state index contributed by atoms with van der Waals surface area (Å²) in [5.74, 6) is 0.747. The number of hydrogen-bond acceptors (Lipinski definition) is 3. The van der Waals surface area contributed by atoms with Gasteiger partial charge >= 0.3 is 0 Å². The van der Waals surface area contributed by atoms with Gasteiger partial charge in [0.25, 0.3) is 0 Å². The van der Waals surface area contributed by atoms with E-state index in [1.54, 1.807) is 11.3 Å². The highest BCUT2D eigenvalue weighted by Gasteiger charge is 2.20. The molecule has 0 saturated heterocycles. The fourth-order valence-corrected chi connectivity index (χ4v) is 6.12. The van der Waals surface area contributed by atoms with Crippen molar-refractivity contribution >= 4 is 31.6 Å². The lowest BCUT2D eigenvalue weighted by Gasteiger charge is -2.14. The first-order valence-corrected chi connectivity index (χ1v) is 13.2. The summed E-state index contributed by atoms with van der Waals surface area (Å²) in [5, 5.41) is 2.31. The third-order valence-electron chi connectivity index (χ3n) is 6.76. The van der Waals surface area contributed by atoms with Crippen LogP contribution in [0.15, 0.2) is 133 Å².